The Morgan fingerprint density at radius 3 is 3.07 bits per heavy atom. The summed E-state index contributed by atoms with van der Waals surface area (Å²) >= 11 is 1.14. The van der Waals surface area contributed by atoms with Crippen LogP contribution in [0.25, 0.3) is 0 Å². The van der Waals surface area contributed by atoms with Gasteiger partial charge in [-0.3, -0.25) is 0 Å². The van der Waals surface area contributed by atoms with Crippen molar-refractivity contribution >= 4 is 17.3 Å². The van der Waals surface area contributed by atoms with E-state index >= 15 is 0 Å². The van der Waals surface area contributed by atoms with Gasteiger partial charge in [-0.1, -0.05) is 0 Å². The highest BCUT2D eigenvalue weighted by Crippen LogP contribution is 2.10. The van der Waals surface area contributed by atoms with Gasteiger partial charge in [0.25, 0.3) is 0 Å². The molecule has 2 aromatic rings. The molecule has 0 aliphatic rings. The third-order valence-corrected chi connectivity index (χ3v) is 2.52. The van der Waals surface area contributed by atoms with Crippen molar-refractivity contribution in [2.24, 2.45) is 0 Å². The number of hydrogen-bond donors (Lipinski definition) is 1. The van der Waals surface area contributed by atoms with Gasteiger partial charge in [-0.25, -0.2) is 14.8 Å². The zero-order valence-electron chi connectivity index (χ0n) is 7.12. The van der Waals surface area contributed by atoms with E-state index < -0.39 is 5.97 Å². The molecule has 0 aromatic carbocycles. The third-order valence-electron chi connectivity index (χ3n) is 1.64. The minimum atomic E-state index is -0.980. The third kappa shape index (κ3) is 1.80. The largest absolute Gasteiger partial charge is 0.476 e. The molecule has 0 spiro atoms. The molecule has 2 rings (SSSR count). The maximum absolute atomic E-state index is 10.5. The minimum absolute atomic E-state index is 0.125. The van der Waals surface area contributed by atoms with E-state index in [0.717, 1.165) is 17.0 Å². The highest BCUT2D eigenvalue weighted by atomic mass is 32.1. The zero-order chi connectivity index (χ0) is 9.97. The van der Waals surface area contributed by atoms with Gasteiger partial charge in [0.05, 0.1) is 18.6 Å². The lowest BCUT2D eigenvalue weighted by atomic mass is 10.5. The van der Waals surface area contributed by atoms with E-state index in [1.165, 1.54) is 0 Å². The molecule has 6 heteroatoms. The molecule has 0 amide bonds. The van der Waals surface area contributed by atoms with Gasteiger partial charge in [-0.2, -0.15) is 0 Å². The Labute approximate surface area is 83.7 Å². The van der Waals surface area contributed by atoms with E-state index in [1.54, 1.807) is 24.1 Å². The van der Waals surface area contributed by atoms with Crippen molar-refractivity contribution in [1.29, 1.82) is 0 Å². The molecule has 14 heavy (non-hydrogen) atoms. The molecule has 0 bridgehead atoms. The lowest BCUT2D eigenvalue weighted by Crippen LogP contribution is -1.99. The van der Waals surface area contributed by atoms with E-state index in [2.05, 4.69) is 9.97 Å². The van der Waals surface area contributed by atoms with Gasteiger partial charge < -0.3 is 9.67 Å². The molecule has 1 N–H and O–H groups in total. The molecule has 0 fully saturated rings. The average molecular weight is 209 g/mol. The van der Waals surface area contributed by atoms with Crippen molar-refractivity contribution < 1.29 is 9.90 Å². The molecule has 0 unspecified atom stereocenters. The van der Waals surface area contributed by atoms with Crippen LogP contribution in [0.15, 0.2) is 24.1 Å². The number of aromatic carboxylic acids is 1. The average Bonchev–Trinajstić information content (AvgIpc) is 2.75. The Kier molecular flexibility index (Phi) is 2.28. The van der Waals surface area contributed by atoms with Crippen LogP contribution in [0.2, 0.25) is 0 Å². The first-order valence-electron chi connectivity index (χ1n) is 3.89. The topological polar surface area (TPSA) is 68.0 Å². The van der Waals surface area contributed by atoms with Gasteiger partial charge in [-0.15, -0.1) is 11.3 Å². The van der Waals surface area contributed by atoms with Crippen molar-refractivity contribution in [3.05, 3.63) is 34.8 Å². The molecule has 0 saturated carbocycles. The smallest absolute Gasteiger partial charge is 0.365 e. The van der Waals surface area contributed by atoms with Crippen LogP contribution >= 0.6 is 11.3 Å². The number of carboxylic acids is 1. The second-order valence-electron chi connectivity index (χ2n) is 2.68. The molecule has 0 radical (unpaired) electrons. The fraction of sp³-hybridized carbons (Fsp3) is 0.125. The van der Waals surface area contributed by atoms with Crippen LogP contribution in [0.1, 0.15) is 15.5 Å². The van der Waals surface area contributed by atoms with Crippen LogP contribution in [0.3, 0.4) is 0 Å². The number of imidazole rings is 1. The second kappa shape index (κ2) is 3.59. The predicted molar refractivity (Wildman–Crippen MR) is 50.4 cm³/mol. The summed E-state index contributed by atoms with van der Waals surface area (Å²) in [5.74, 6) is -0.980. The first-order chi connectivity index (χ1) is 6.75. The van der Waals surface area contributed by atoms with Crippen molar-refractivity contribution in [3.63, 3.8) is 0 Å². The van der Waals surface area contributed by atoms with Crippen molar-refractivity contribution in [3.8, 4) is 0 Å². The number of carboxylic acid groups (broad SMARTS) is 1. The minimum Gasteiger partial charge on any atom is -0.476 e. The van der Waals surface area contributed by atoms with Gasteiger partial charge in [0.2, 0.25) is 5.01 Å². The monoisotopic (exact) mass is 209 g/mol. The summed E-state index contributed by atoms with van der Waals surface area (Å²) in [6, 6.07) is 0. The van der Waals surface area contributed by atoms with E-state index in [4.69, 9.17) is 5.11 Å². The summed E-state index contributed by atoms with van der Waals surface area (Å²) in [5.41, 5.74) is 0.741. The quantitative estimate of drug-likeness (QED) is 0.821. The van der Waals surface area contributed by atoms with Crippen molar-refractivity contribution in [2.45, 2.75) is 6.54 Å². The SMILES string of the molecule is O=C(O)c1nc(Cn2ccnc2)cs1. The van der Waals surface area contributed by atoms with E-state index in [9.17, 15) is 4.79 Å². The summed E-state index contributed by atoms with van der Waals surface area (Å²) in [5, 5.41) is 10.5. The van der Waals surface area contributed by atoms with Gasteiger partial charge in [0.1, 0.15) is 0 Å². The summed E-state index contributed by atoms with van der Waals surface area (Å²) in [7, 11) is 0. The highest BCUT2D eigenvalue weighted by molar-refractivity contribution is 7.11. The number of hydrogen-bond acceptors (Lipinski definition) is 4. The van der Waals surface area contributed by atoms with Crippen LogP contribution < -0.4 is 0 Å². The molecular weight excluding hydrogens is 202 g/mol. The van der Waals surface area contributed by atoms with Crippen LogP contribution in [-0.4, -0.2) is 25.6 Å². The van der Waals surface area contributed by atoms with Crippen LogP contribution in [-0.2, 0) is 6.54 Å². The van der Waals surface area contributed by atoms with E-state index in [0.29, 0.717) is 6.54 Å². The Morgan fingerprint density at radius 2 is 2.50 bits per heavy atom. The summed E-state index contributed by atoms with van der Waals surface area (Å²) in [6.45, 7) is 0.559. The molecule has 0 saturated heterocycles. The molecule has 0 aliphatic heterocycles. The number of nitrogens with zero attached hydrogens (tertiary/aromatic N) is 3. The molecule has 5 nitrogen and oxygen atoms in total. The maximum atomic E-state index is 10.5. The fourth-order valence-corrected chi connectivity index (χ4v) is 1.69. The maximum Gasteiger partial charge on any atom is 0.365 e. The summed E-state index contributed by atoms with van der Waals surface area (Å²) < 4.78 is 1.83. The van der Waals surface area contributed by atoms with E-state index in [1.807, 2.05) is 4.57 Å². The Bertz CT molecular complexity index is 435. The second-order valence-corrected chi connectivity index (χ2v) is 3.54. The van der Waals surface area contributed by atoms with E-state index in [-0.39, 0.29) is 5.01 Å². The molecule has 72 valence electrons. The molecule has 2 heterocycles. The van der Waals surface area contributed by atoms with Gasteiger partial charge in [-0.05, 0) is 0 Å². The number of thiazole rings is 1. The number of rotatable bonds is 3. The lowest BCUT2D eigenvalue weighted by molar-refractivity contribution is 0.0696. The fourth-order valence-electron chi connectivity index (χ4n) is 1.05. The summed E-state index contributed by atoms with van der Waals surface area (Å²) in [4.78, 5) is 18.4. The molecular formula is C8H7N3O2S. The van der Waals surface area contributed by atoms with Crippen molar-refractivity contribution in [1.82, 2.24) is 14.5 Å². The molecule has 0 aliphatic carbocycles. The van der Waals surface area contributed by atoms with Gasteiger partial charge in [0.15, 0.2) is 0 Å². The zero-order valence-corrected chi connectivity index (χ0v) is 7.94. The standard InChI is InChI=1S/C8H7N3O2S/c12-8(13)7-10-6(4-14-7)3-11-2-1-9-5-11/h1-2,4-5H,3H2,(H,12,13). The van der Waals surface area contributed by atoms with Crippen molar-refractivity contribution in [2.75, 3.05) is 0 Å². The Hall–Kier alpha value is -1.69. The van der Waals surface area contributed by atoms with Crippen LogP contribution in [0, 0.1) is 0 Å². The first kappa shape index (κ1) is 8.89. The van der Waals surface area contributed by atoms with Crippen LogP contribution in [0.5, 0.6) is 0 Å². The molecule has 0 atom stereocenters. The Morgan fingerprint density at radius 1 is 1.64 bits per heavy atom. The number of carbonyl (C=O) groups is 1. The first-order valence-corrected chi connectivity index (χ1v) is 4.77. The number of aromatic nitrogens is 3. The van der Waals surface area contributed by atoms with Gasteiger partial charge >= 0.3 is 5.97 Å². The lowest BCUT2D eigenvalue weighted by Gasteiger charge is -1.95. The highest BCUT2D eigenvalue weighted by Gasteiger charge is 2.08. The predicted octanol–water partition coefficient (Wildman–Crippen LogP) is 1.09. The summed E-state index contributed by atoms with van der Waals surface area (Å²) in [6.07, 6.45) is 5.14. The Balaban J connectivity index is 2.14. The molecule has 2 aromatic heterocycles. The normalized spacial score (nSPS) is 10.3. The van der Waals surface area contributed by atoms with Gasteiger partial charge in [0, 0.05) is 17.8 Å². The van der Waals surface area contributed by atoms with Crippen LogP contribution in [0.4, 0.5) is 0 Å².